The lowest BCUT2D eigenvalue weighted by Gasteiger charge is -2.20. The summed E-state index contributed by atoms with van der Waals surface area (Å²) in [7, 11) is 3.08. The van der Waals surface area contributed by atoms with Gasteiger partial charge in [0.2, 0.25) is 0 Å². The van der Waals surface area contributed by atoms with Gasteiger partial charge in [-0.05, 0) is 5.56 Å². The molecule has 3 rings (SSSR count). The van der Waals surface area contributed by atoms with E-state index in [1.165, 1.54) is 11.6 Å². The number of aliphatic imine (C=N–C) groups is 1. The summed E-state index contributed by atoms with van der Waals surface area (Å²) in [5.41, 5.74) is 1.28. The molecule has 1 N–H and O–H groups in total. The van der Waals surface area contributed by atoms with Crippen LogP contribution in [0, 0.1) is 0 Å². The van der Waals surface area contributed by atoms with Crippen LogP contribution in [0.2, 0.25) is 0 Å². The van der Waals surface area contributed by atoms with Crippen molar-refractivity contribution in [1.29, 1.82) is 0 Å². The summed E-state index contributed by atoms with van der Waals surface area (Å²) in [5, 5.41) is 3.11. The molecular formula is C14H14N4O2. The zero-order valence-electron chi connectivity index (χ0n) is 11.3. The molecule has 0 saturated carbocycles. The first kappa shape index (κ1) is 12.4. The lowest BCUT2D eigenvalue weighted by Crippen LogP contribution is -2.39. The molecule has 6 nitrogen and oxygen atoms in total. The monoisotopic (exact) mass is 270 g/mol. The van der Waals surface area contributed by atoms with Crippen molar-refractivity contribution in [3.63, 3.8) is 0 Å². The summed E-state index contributed by atoms with van der Waals surface area (Å²) in [6.45, 7) is 0.484. The largest absolute Gasteiger partial charge is 0.364 e. The van der Waals surface area contributed by atoms with Gasteiger partial charge in [0.15, 0.2) is 5.69 Å². The molecule has 102 valence electrons. The summed E-state index contributed by atoms with van der Waals surface area (Å²) < 4.78 is 2.47. The number of hydrogen-bond acceptors (Lipinski definition) is 4. The summed E-state index contributed by atoms with van der Waals surface area (Å²) in [6, 6.07) is 9.66. The number of anilines is 1. The van der Waals surface area contributed by atoms with Gasteiger partial charge >= 0.3 is 5.69 Å². The van der Waals surface area contributed by atoms with Crippen molar-refractivity contribution >= 4 is 17.2 Å². The molecule has 0 unspecified atom stereocenters. The standard InChI is InChI=1S/C14H14N4O2/c1-17-12-11(13(19)18(2)14(17)20)16-10(8-15-12)9-6-4-3-5-7-9/h3-7,15H,8H2,1-2H3. The molecule has 20 heavy (non-hydrogen) atoms. The highest BCUT2D eigenvalue weighted by Crippen LogP contribution is 2.23. The van der Waals surface area contributed by atoms with Crippen molar-refractivity contribution < 1.29 is 0 Å². The molecule has 1 aliphatic rings. The molecule has 0 fully saturated rings. The highest BCUT2D eigenvalue weighted by atomic mass is 16.2. The predicted molar refractivity (Wildman–Crippen MR) is 78.1 cm³/mol. The van der Waals surface area contributed by atoms with E-state index in [1.54, 1.807) is 7.05 Å². The molecule has 1 aromatic carbocycles. The van der Waals surface area contributed by atoms with E-state index in [4.69, 9.17) is 0 Å². The zero-order chi connectivity index (χ0) is 14.3. The molecule has 0 saturated heterocycles. The fraction of sp³-hybridized carbons (Fsp3) is 0.214. The number of hydrogen-bond donors (Lipinski definition) is 1. The number of rotatable bonds is 1. The van der Waals surface area contributed by atoms with E-state index in [0.717, 1.165) is 15.8 Å². The van der Waals surface area contributed by atoms with Crippen molar-refractivity contribution in [2.24, 2.45) is 19.1 Å². The van der Waals surface area contributed by atoms with Gasteiger partial charge in [0.05, 0.1) is 12.3 Å². The Labute approximate surface area is 115 Å². The summed E-state index contributed by atoms with van der Waals surface area (Å²) >= 11 is 0. The SMILES string of the molecule is Cn1c2c(c(=O)n(C)c1=O)N=C(c1ccccc1)CN2. The number of benzene rings is 1. The predicted octanol–water partition coefficient (Wildman–Crippen LogP) is 0.630. The third-order valence-electron chi connectivity index (χ3n) is 3.42. The third kappa shape index (κ3) is 1.77. The minimum atomic E-state index is -0.385. The second-order valence-corrected chi connectivity index (χ2v) is 4.68. The molecule has 1 aliphatic heterocycles. The summed E-state index contributed by atoms with van der Waals surface area (Å²) in [5.74, 6) is 0.470. The van der Waals surface area contributed by atoms with Crippen LogP contribution in [0.5, 0.6) is 0 Å². The maximum Gasteiger partial charge on any atom is 0.332 e. The van der Waals surface area contributed by atoms with Crippen molar-refractivity contribution in [2.75, 3.05) is 11.9 Å². The van der Waals surface area contributed by atoms with Crippen molar-refractivity contribution in [3.05, 3.63) is 56.7 Å². The molecule has 0 atom stereocenters. The maximum atomic E-state index is 12.2. The highest BCUT2D eigenvalue weighted by molar-refractivity contribution is 6.06. The van der Waals surface area contributed by atoms with Crippen LogP contribution in [-0.2, 0) is 14.1 Å². The molecular weight excluding hydrogens is 256 g/mol. The number of nitrogens with one attached hydrogen (secondary N) is 1. The van der Waals surface area contributed by atoms with Gasteiger partial charge < -0.3 is 5.32 Å². The number of nitrogens with zero attached hydrogens (tertiary/aromatic N) is 3. The van der Waals surface area contributed by atoms with Crippen LogP contribution in [-0.4, -0.2) is 21.4 Å². The third-order valence-corrected chi connectivity index (χ3v) is 3.42. The first-order valence-electron chi connectivity index (χ1n) is 6.26. The van der Waals surface area contributed by atoms with E-state index in [2.05, 4.69) is 10.3 Å². The first-order chi connectivity index (χ1) is 9.59. The Bertz CT molecular complexity index is 816. The first-order valence-corrected chi connectivity index (χ1v) is 6.26. The normalized spacial score (nSPS) is 13.4. The van der Waals surface area contributed by atoms with Crippen LogP contribution in [0.1, 0.15) is 5.56 Å². The molecule has 2 aromatic rings. The van der Waals surface area contributed by atoms with E-state index in [1.807, 2.05) is 30.3 Å². The smallest absolute Gasteiger partial charge is 0.332 e. The molecule has 0 radical (unpaired) electrons. The van der Waals surface area contributed by atoms with E-state index >= 15 is 0 Å². The Morgan fingerprint density at radius 1 is 1.10 bits per heavy atom. The lowest BCUT2D eigenvalue weighted by atomic mass is 10.1. The van der Waals surface area contributed by atoms with Crippen LogP contribution in [0.4, 0.5) is 11.5 Å². The Hall–Kier alpha value is -2.63. The van der Waals surface area contributed by atoms with Gasteiger partial charge in [-0.3, -0.25) is 13.9 Å². The molecule has 0 spiro atoms. The topological polar surface area (TPSA) is 68.4 Å². The van der Waals surface area contributed by atoms with E-state index < -0.39 is 0 Å². The zero-order valence-corrected chi connectivity index (χ0v) is 11.3. The van der Waals surface area contributed by atoms with Gasteiger partial charge in [0.25, 0.3) is 5.56 Å². The van der Waals surface area contributed by atoms with E-state index in [0.29, 0.717) is 12.4 Å². The second kappa shape index (κ2) is 4.48. The van der Waals surface area contributed by atoms with Gasteiger partial charge in [-0.15, -0.1) is 0 Å². The minimum Gasteiger partial charge on any atom is -0.364 e. The number of aromatic nitrogens is 2. The van der Waals surface area contributed by atoms with Crippen molar-refractivity contribution in [1.82, 2.24) is 9.13 Å². The van der Waals surface area contributed by atoms with Gasteiger partial charge in [-0.1, -0.05) is 30.3 Å². The van der Waals surface area contributed by atoms with Gasteiger partial charge in [0.1, 0.15) is 5.82 Å². The Morgan fingerprint density at radius 3 is 2.50 bits per heavy atom. The maximum absolute atomic E-state index is 12.2. The Morgan fingerprint density at radius 2 is 1.80 bits per heavy atom. The van der Waals surface area contributed by atoms with Crippen LogP contribution in [0.3, 0.4) is 0 Å². The fourth-order valence-corrected chi connectivity index (χ4v) is 2.27. The van der Waals surface area contributed by atoms with Crippen molar-refractivity contribution in [2.45, 2.75) is 0 Å². The van der Waals surface area contributed by atoms with E-state index in [-0.39, 0.29) is 16.9 Å². The second-order valence-electron chi connectivity index (χ2n) is 4.68. The van der Waals surface area contributed by atoms with Gasteiger partial charge in [-0.2, -0.15) is 0 Å². The Kier molecular flexibility index (Phi) is 2.78. The summed E-state index contributed by atoms with van der Waals surface area (Å²) in [4.78, 5) is 28.5. The molecule has 0 amide bonds. The van der Waals surface area contributed by atoms with E-state index in [9.17, 15) is 9.59 Å². The Balaban J connectivity index is 2.24. The molecule has 6 heteroatoms. The fourth-order valence-electron chi connectivity index (χ4n) is 2.27. The minimum absolute atomic E-state index is 0.278. The van der Waals surface area contributed by atoms with Crippen molar-refractivity contribution in [3.8, 4) is 0 Å². The van der Waals surface area contributed by atoms with Crippen LogP contribution < -0.4 is 16.6 Å². The van der Waals surface area contributed by atoms with Gasteiger partial charge in [0, 0.05) is 14.1 Å². The van der Waals surface area contributed by atoms with Crippen LogP contribution in [0.25, 0.3) is 0 Å². The quantitative estimate of drug-likeness (QED) is 0.826. The highest BCUT2D eigenvalue weighted by Gasteiger charge is 2.20. The average Bonchev–Trinajstić information content (AvgIpc) is 2.51. The van der Waals surface area contributed by atoms with Gasteiger partial charge in [-0.25, -0.2) is 9.79 Å². The molecule has 2 heterocycles. The molecule has 1 aromatic heterocycles. The molecule has 0 aliphatic carbocycles. The summed E-state index contributed by atoms with van der Waals surface area (Å²) in [6.07, 6.45) is 0. The number of fused-ring (bicyclic) bond motifs is 1. The van der Waals surface area contributed by atoms with Crippen LogP contribution >= 0.6 is 0 Å². The van der Waals surface area contributed by atoms with Crippen LogP contribution in [0.15, 0.2) is 44.9 Å². The average molecular weight is 270 g/mol. The molecule has 0 bridgehead atoms. The lowest BCUT2D eigenvalue weighted by molar-refractivity contribution is 0.690.